The van der Waals surface area contributed by atoms with Gasteiger partial charge < -0.3 is 10.1 Å². The summed E-state index contributed by atoms with van der Waals surface area (Å²) in [5.41, 5.74) is 4.16. The Bertz CT molecular complexity index is 649. The van der Waals surface area contributed by atoms with Crippen LogP contribution in [0.2, 0.25) is 0 Å². The lowest BCUT2D eigenvalue weighted by molar-refractivity contribution is -0.122. The van der Waals surface area contributed by atoms with Crippen LogP contribution in [0, 0.1) is 6.92 Å². The Morgan fingerprint density at radius 2 is 1.89 bits per heavy atom. The molecule has 0 aromatic heterocycles. The highest BCUT2D eigenvalue weighted by Crippen LogP contribution is 2.34. The highest BCUT2D eigenvalue weighted by Gasteiger charge is 2.23. The molecule has 3 rings (SSSR count). The van der Waals surface area contributed by atoms with Crippen molar-refractivity contribution in [2.24, 2.45) is 0 Å². The van der Waals surface area contributed by atoms with Crippen molar-refractivity contribution in [1.82, 2.24) is 0 Å². The number of benzene rings is 2. The molecular weight excluding hydrogens is 238 g/mol. The third-order valence-electron chi connectivity index (χ3n) is 3.26. The molecule has 1 N–H and O–H groups in total. The molecule has 3 heteroatoms. The molecule has 1 aliphatic rings. The number of aryl methyl sites for hydroxylation is 1. The molecule has 1 heterocycles. The van der Waals surface area contributed by atoms with Crippen molar-refractivity contribution in [2.75, 3.05) is 5.32 Å². The summed E-state index contributed by atoms with van der Waals surface area (Å²) in [5, 5.41) is 2.87. The Hall–Kier alpha value is -2.29. The van der Waals surface area contributed by atoms with Gasteiger partial charge in [0.2, 0.25) is 0 Å². The van der Waals surface area contributed by atoms with E-state index in [1.165, 1.54) is 5.56 Å². The van der Waals surface area contributed by atoms with Gasteiger partial charge in [-0.05, 0) is 37.1 Å². The minimum Gasteiger partial charge on any atom is -0.479 e. The number of rotatable bonds is 1. The molecule has 1 amide bonds. The van der Waals surface area contributed by atoms with Crippen molar-refractivity contribution in [3.05, 3.63) is 48.0 Å². The molecule has 19 heavy (non-hydrogen) atoms. The number of nitrogens with one attached hydrogen (secondary N) is 1. The molecule has 0 saturated carbocycles. The van der Waals surface area contributed by atoms with Crippen LogP contribution in [0.15, 0.2) is 42.5 Å². The monoisotopic (exact) mass is 253 g/mol. The van der Waals surface area contributed by atoms with Crippen LogP contribution >= 0.6 is 0 Å². The maximum Gasteiger partial charge on any atom is 0.265 e. The lowest BCUT2D eigenvalue weighted by Gasteiger charge is -2.23. The molecule has 0 bridgehead atoms. The molecule has 0 spiro atoms. The van der Waals surface area contributed by atoms with Crippen LogP contribution in [0.4, 0.5) is 5.69 Å². The Morgan fingerprint density at radius 3 is 2.68 bits per heavy atom. The number of ether oxygens (including phenoxy) is 1. The summed E-state index contributed by atoms with van der Waals surface area (Å²) in [6.45, 7) is 3.81. The van der Waals surface area contributed by atoms with E-state index in [2.05, 4.69) is 30.4 Å². The highest BCUT2D eigenvalue weighted by atomic mass is 16.5. The van der Waals surface area contributed by atoms with Crippen LogP contribution in [0.1, 0.15) is 12.5 Å². The summed E-state index contributed by atoms with van der Waals surface area (Å²) >= 11 is 0. The van der Waals surface area contributed by atoms with Gasteiger partial charge in [0.25, 0.3) is 5.91 Å². The van der Waals surface area contributed by atoms with Crippen LogP contribution in [0.25, 0.3) is 11.1 Å². The molecule has 96 valence electrons. The van der Waals surface area contributed by atoms with E-state index < -0.39 is 6.10 Å². The van der Waals surface area contributed by atoms with Gasteiger partial charge in [0, 0.05) is 0 Å². The van der Waals surface area contributed by atoms with Crippen molar-refractivity contribution in [3.63, 3.8) is 0 Å². The Balaban J connectivity index is 2.02. The Morgan fingerprint density at radius 1 is 1.11 bits per heavy atom. The first-order valence-electron chi connectivity index (χ1n) is 6.32. The highest BCUT2D eigenvalue weighted by molar-refractivity contribution is 5.98. The van der Waals surface area contributed by atoms with E-state index >= 15 is 0 Å². The normalized spacial score (nSPS) is 17.4. The quantitative estimate of drug-likeness (QED) is 0.846. The zero-order chi connectivity index (χ0) is 13.4. The molecule has 0 saturated heterocycles. The first-order chi connectivity index (χ1) is 9.13. The van der Waals surface area contributed by atoms with Crippen LogP contribution in [0.3, 0.4) is 0 Å². The minimum absolute atomic E-state index is 0.103. The molecule has 1 atom stereocenters. The number of fused-ring (bicyclic) bond motifs is 1. The molecule has 2 aromatic carbocycles. The summed E-state index contributed by atoms with van der Waals surface area (Å²) in [4.78, 5) is 11.6. The summed E-state index contributed by atoms with van der Waals surface area (Å²) in [6.07, 6.45) is -0.433. The van der Waals surface area contributed by atoms with Gasteiger partial charge in [-0.2, -0.15) is 0 Å². The van der Waals surface area contributed by atoms with E-state index in [0.717, 1.165) is 22.6 Å². The molecule has 0 fully saturated rings. The van der Waals surface area contributed by atoms with E-state index in [1.54, 1.807) is 6.92 Å². The predicted octanol–water partition coefficient (Wildman–Crippen LogP) is 3.38. The van der Waals surface area contributed by atoms with Gasteiger partial charge in [-0.25, -0.2) is 0 Å². The van der Waals surface area contributed by atoms with Crippen LogP contribution in [-0.4, -0.2) is 12.0 Å². The van der Waals surface area contributed by atoms with Crippen LogP contribution in [-0.2, 0) is 4.79 Å². The Labute approximate surface area is 112 Å². The fourth-order valence-corrected chi connectivity index (χ4v) is 2.21. The smallest absolute Gasteiger partial charge is 0.265 e. The summed E-state index contributed by atoms with van der Waals surface area (Å²) in [7, 11) is 0. The van der Waals surface area contributed by atoms with Gasteiger partial charge in [-0.1, -0.05) is 35.9 Å². The number of hydrogen-bond donors (Lipinski definition) is 1. The first-order valence-corrected chi connectivity index (χ1v) is 6.32. The average Bonchev–Trinajstić information content (AvgIpc) is 2.39. The fourth-order valence-electron chi connectivity index (χ4n) is 2.21. The van der Waals surface area contributed by atoms with E-state index in [0.29, 0.717) is 0 Å². The molecule has 2 aromatic rings. The van der Waals surface area contributed by atoms with Crippen molar-refractivity contribution in [1.29, 1.82) is 0 Å². The topological polar surface area (TPSA) is 38.3 Å². The lowest BCUT2D eigenvalue weighted by atomic mass is 10.0. The van der Waals surface area contributed by atoms with Crippen molar-refractivity contribution in [3.8, 4) is 16.9 Å². The number of carbonyl (C=O) groups excluding carboxylic acids is 1. The Kier molecular flexibility index (Phi) is 2.75. The molecule has 0 radical (unpaired) electrons. The molecule has 0 aliphatic carbocycles. The zero-order valence-electron chi connectivity index (χ0n) is 10.9. The van der Waals surface area contributed by atoms with E-state index in [4.69, 9.17) is 4.74 Å². The SMILES string of the molecule is Cc1cccc(-c2ccc3c(c2)NC(=O)C(C)O3)c1. The van der Waals surface area contributed by atoms with Crippen LogP contribution < -0.4 is 10.1 Å². The second-order valence-corrected chi connectivity index (χ2v) is 4.83. The van der Waals surface area contributed by atoms with Gasteiger partial charge >= 0.3 is 0 Å². The minimum atomic E-state index is -0.433. The largest absolute Gasteiger partial charge is 0.479 e. The van der Waals surface area contributed by atoms with Crippen molar-refractivity contribution in [2.45, 2.75) is 20.0 Å². The first kappa shape index (κ1) is 11.8. The van der Waals surface area contributed by atoms with Gasteiger partial charge in [0.15, 0.2) is 6.10 Å². The lowest BCUT2D eigenvalue weighted by Crippen LogP contribution is -2.34. The summed E-state index contributed by atoms with van der Waals surface area (Å²) in [6, 6.07) is 14.1. The average molecular weight is 253 g/mol. The van der Waals surface area contributed by atoms with Gasteiger partial charge in [0.05, 0.1) is 5.69 Å². The standard InChI is InChI=1S/C16H15NO2/c1-10-4-3-5-12(8-10)13-6-7-15-14(9-13)17-16(18)11(2)19-15/h3-9,11H,1-2H3,(H,17,18). The fraction of sp³-hybridized carbons (Fsp3) is 0.188. The number of anilines is 1. The van der Waals surface area contributed by atoms with Crippen LogP contribution in [0.5, 0.6) is 5.75 Å². The molecule has 3 nitrogen and oxygen atoms in total. The number of carbonyl (C=O) groups is 1. The zero-order valence-corrected chi connectivity index (χ0v) is 10.9. The predicted molar refractivity (Wildman–Crippen MR) is 75.3 cm³/mol. The van der Waals surface area contributed by atoms with Gasteiger partial charge in [-0.3, -0.25) is 4.79 Å². The van der Waals surface area contributed by atoms with Gasteiger partial charge in [-0.15, -0.1) is 0 Å². The molecule has 1 unspecified atom stereocenters. The maximum atomic E-state index is 11.6. The van der Waals surface area contributed by atoms with E-state index in [9.17, 15) is 4.79 Å². The third-order valence-corrected chi connectivity index (χ3v) is 3.26. The molecule has 1 aliphatic heterocycles. The summed E-state index contributed by atoms with van der Waals surface area (Å²) < 4.78 is 5.55. The number of amides is 1. The summed E-state index contributed by atoms with van der Waals surface area (Å²) in [5.74, 6) is 0.623. The van der Waals surface area contributed by atoms with Crippen molar-refractivity contribution < 1.29 is 9.53 Å². The second-order valence-electron chi connectivity index (χ2n) is 4.83. The molecular formula is C16H15NO2. The number of hydrogen-bond acceptors (Lipinski definition) is 2. The van der Waals surface area contributed by atoms with E-state index in [-0.39, 0.29) is 5.91 Å². The maximum absolute atomic E-state index is 11.6. The van der Waals surface area contributed by atoms with Crippen molar-refractivity contribution >= 4 is 11.6 Å². The second kappa shape index (κ2) is 4.43. The van der Waals surface area contributed by atoms with Gasteiger partial charge in [0.1, 0.15) is 5.75 Å². The third kappa shape index (κ3) is 2.19. The van der Waals surface area contributed by atoms with E-state index in [1.807, 2.05) is 24.3 Å².